The highest BCUT2D eigenvalue weighted by molar-refractivity contribution is 5.81. The molecule has 0 amide bonds. The number of aliphatic carboxylic acids is 1. The van der Waals surface area contributed by atoms with Gasteiger partial charge in [-0.3, -0.25) is 0 Å². The Kier molecular flexibility index (Phi) is 3.51. The largest absolute Gasteiger partial charge is 0.497 e. The molecule has 0 fully saturated rings. The number of carbonyl (C=O) groups is 1. The summed E-state index contributed by atoms with van der Waals surface area (Å²) in [5.41, 5.74) is -0.858. The molecule has 2 rings (SSSR count). The van der Waals surface area contributed by atoms with E-state index in [9.17, 15) is 14.8 Å². The zero-order valence-corrected chi connectivity index (χ0v) is 11.0. The maximum Gasteiger partial charge on any atom is 0.334 e. The number of nitrogens with zero attached hydrogens (tertiary/aromatic N) is 3. The lowest BCUT2D eigenvalue weighted by molar-refractivity contribution is -0.144. The van der Waals surface area contributed by atoms with Crippen LogP contribution in [0.25, 0.3) is 0 Å². The predicted molar refractivity (Wildman–Crippen MR) is 71.1 cm³/mol. The number of ether oxygens (including phenoxy) is 1. The number of hydrogen-bond acceptors (Lipinski definition) is 5. The lowest BCUT2D eigenvalue weighted by Gasteiger charge is -2.27. The highest BCUT2D eigenvalue weighted by atomic mass is 16.5. The zero-order chi connectivity index (χ0) is 14.8. The van der Waals surface area contributed by atoms with E-state index >= 15 is 0 Å². The molecule has 0 spiro atoms. The second kappa shape index (κ2) is 5.12. The van der Waals surface area contributed by atoms with Crippen LogP contribution in [0.3, 0.4) is 0 Å². The summed E-state index contributed by atoms with van der Waals surface area (Å²) in [5.74, 6) is -0.508. The second-order valence-electron chi connectivity index (χ2n) is 4.34. The average Bonchev–Trinajstić information content (AvgIpc) is 2.95. The number of rotatable bonds is 5. The van der Waals surface area contributed by atoms with Crippen molar-refractivity contribution in [2.75, 3.05) is 7.11 Å². The Bertz CT molecular complexity index is 635. The van der Waals surface area contributed by atoms with E-state index in [0.29, 0.717) is 11.3 Å². The Morgan fingerprint density at radius 2 is 2.05 bits per heavy atom. The number of aromatic nitrogens is 2. The smallest absolute Gasteiger partial charge is 0.334 e. The molecular formula is C13H13N3O4. The van der Waals surface area contributed by atoms with Crippen LogP contribution in [-0.2, 0) is 10.3 Å². The second-order valence-corrected chi connectivity index (χ2v) is 4.34. The third-order valence-corrected chi connectivity index (χ3v) is 3.25. The Morgan fingerprint density at radius 3 is 2.50 bits per heavy atom. The maximum atomic E-state index is 11.7. The van der Waals surface area contributed by atoms with Crippen molar-refractivity contribution < 1.29 is 14.6 Å². The fourth-order valence-electron chi connectivity index (χ4n) is 1.90. The van der Waals surface area contributed by atoms with Crippen LogP contribution in [0.5, 0.6) is 5.75 Å². The lowest BCUT2D eigenvalue weighted by Crippen LogP contribution is -2.39. The van der Waals surface area contributed by atoms with Gasteiger partial charge in [-0.05, 0) is 29.8 Å². The number of hydrogen-bond donors (Lipinski definition) is 1. The van der Waals surface area contributed by atoms with Crippen molar-refractivity contribution in [3.63, 3.8) is 0 Å². The van der Waals surface area contributed by atoms with Crippen molar-refractivity contribution in [1.29, 1.82) is 0 Å². The molecule has 0 saturated heterocycles. The van der Waals surface area contributed by atoms with Crippen LogP contribution in [-0.4, -0.2) is 27.7 Å². The van der Waals surface area contributed by atoms with Crippen LogP contribution in [0.1, 0.15) is 12.5 Å². The average molecular weight is 275 g/mol. The van der Waals surface area contributed by atoms with Crippen molar-refractivity contribution in [2.45, 2.75) is 12.5 Å². The first-order chi connectivity index (χ1) is 9.52. The molecule has 2 aromatic rings. The van der Waals surface area contributed by atoms with E-state index in [-0.39, 0.29) is 5.82 Å². The van der Waals surface area contributed by atoms with E-state index in [4.69, 9.17) is 4.74 Å². The molecule has 7 heteroatoms. The Hall–Kier alpha value is -2.70. The monoisotopic (exact) mass is 275 g/mol. The summed E-state index contributed by atoms with van der Waals surface area (Å²) >= 11 is 0. The van der Waals surface area contributed by atoms with Crippen LogP contribution < -0.4 is 4.74 Å². The summed E-state index contributed by atoms with van der Waals surface area (Å²) < 4.78 is 6.39. The van der Waals surface area contributed by atoms with E-state index in [1.54, 1.807) is 24.3 Å². The Morgan fingerprint density at radius 1 is 1.40 bits per heavy atom. The quantitative estimate of drug-likeness (QED) is 0.843. The van der Waals surface area contributed by atoms with Crippen LogP contribution in [0.15, 0.2) is 42.0 Å². The van der Waals surface area contributed by atoms with E-state index in [2.05, 4.69) is 10.2 Å². The summed E-state index contributed by atoms with van der Waals surface area (Å²) in [6.45, 7) is 1.52. The first-order valence-electron chi connectivity index (χ1n) is 5.78. The van der Waals surface area contributed by atoms with Crippen LogP contribution in [0.4, 0.5) is 5.82 Å². The molecule has 0 aliphatic rings. The third-order valence-electron chi connectivity index (χ3n) is 3.25. The van der Waals surface area contributed by atoms with E-state index in [1.807, 2.05) is 0 Å². The van der Waals surface area contributed by atoms with Gasteiger partial charge in [-0.25, -0.2) is 9.78 Å². The van der Waals surface area contributed by atoms with E-state index in [1.165, 1.54) is 31.1 Å². The van der Waals surface area contributed by atoms with Crippen molar-refractivity contribution >= 4 is 11.8 Å². The van der Waals surface area contributed by atoms with Crippen LogP contribution >= 0.6 is 0 Å². The number of carboxylic acid groups (broad SMARTS) is 1. The molecule has 0 saturated carbocycles. The van der Waals surface area contributed by atoms with Crippen molar-refractivity contribution in [2.24, 2.45) is 5.18 Å². The molecule has 1 heterocycles. The molecule has 20 heavy (non-hydrogen) atoms. The fourth-order valence-corrected chi connectivity index (χ4v) is 1.90. The third kappa shape index (κ3) is 2.13. The van der Waals surface area contributed by atoms with Gasteiger partial charge in [-0.2, -0.15) is 0 Å². The van der Waals surface area contributed by atoms with Gasteiger partial charge in [-0.15, -0.1) is 4.91 Å². The molecule has 0 bridgehead atoms. The summed E-state index contributed by atoms with van der Waals surface area (Å²) in [6, 6.07) is 6.65. The number of carboxylic acids is 1. The van der Waals surface area contributed by atoms with Gasteiger partial charge >= 0.3 is 5.97 Å². The van der Waals surface area contributed by atoms with Gasteiger partial charge in [0.05, 0.1) is 19.6 Å². The van der Waals surface area contributed by atoms with Crippen molar-refractivity contribution in [1.82, 2.24) is 9.55 Å². The van der Waals surface area contributed by atoms with Gasteiger partial charge in [0, 0.05) is 0 Å². The molecule has 0 radical (unpaired) electrons. The predicted octanol–water partition coefficient (Wildman–Crippen LogP) is 2.14. The molecule has 7 nitrogen and oxygen atoms in total. The minimum absolute atomic E-state index is 0.0639. The van der Waals surface area contributed by atoms with Gasteiger partial charge < -0.3 is 14.4 Å². The molecule has 1 atom stereocenters. The normalized spacial score (nSPS) is 13.5. The molecule has 1 aromatic heterocycles. The molecule has 0 aliphatic carbocycles. The van der Waals surface area contributed by atoms with Gasteiger partial charge in [0.1, 0.15) is 5.75 Å². The SMILES string of the molecule is COc1ccc(C(C)(C(=O)O)n2cnc(N=O)c2)cc1. The summed E-state index contributed by atoms with van der Waals surface area (Å²) in [6.07, 6.45) is 2.57. The molecule has 1 unspecified atom stereocenters. The Balaban J connectivity index is 2.52. The van der Waals surface area contributed by atoms with Gasteiger partial charge in [-0.1, -0.05) is 12.1 Å². The first kappa shape index (κ1) is 13.7. The van der Waals surface area contributed by atoms with Gasteiger partial charge in [0.25, 0.3) is 0 Å². The summed E-state index contributed by atoms with van der Waals surface area (Å²) in [7, 11) is 1.53. The topological polar surface area (TPSA) is 93.8 Å². The van der Waals surface area contributed by atoms with E-state index < -0.39 is 11.5 Å². The number of imidazole rings is 1. The summed E-state index contributed by atoms with van der Waals surface area (Å²) in [4.78, 5) is 25.9. The number of benzene rings is 1. The minimum Gasteiger partial charge on any atom is -0.497 e. The van der Waals surface area contributed by atoms with Gasteiger partial charge in [0.2, 0.25) is 5.82 Å². The van der Waals surface area contributed by atoms with Crippen molar-refractivity contribution in [3.05, 3.63) is 47.3 Å². The summed E-state index contributed by atoms with van der Waals surface area (Å²) in [5, 5.41) is 12.2. The molecular weight excluding hydrogens is 262 g/mol. The first-order valence-corrected chi connectivity index (χ1v) is 5.78. The highest BCUT2D eigenvalue weighted by Crippen LogP contribution is 2.29. The highest BCUT2D eigenvalue weighted by Gasteiger charge is 2.37. The van der Waals surface area contributed by atoms with E-state index in [0.717, 1.165) is 0 Å². The number of methoxy groups -OCH3 is 1. The molecule has 1 N–H and O–H groups in total. The van der Waals surface area contributed by atoms with Crippen LogP contribution in [0, 0.1) is 4.91 Å². The van der Waals surface area contributed by atoms with Crippen molar-refractivity contribution in [3.8, 4) is 5.75 Å². The molecule has 104 valence electrons. The standard InChI is InChI=1S/C13H13N3O4/c1-13(12(17)18,16-7-11(15-19)14-8-16)9-3-5-10(20-2)6-4-9/h3-8H,1-2H3,(H,17,18). The number of nitroso groups, excluding NO2 is 1. The molecule has 0 aliphatic heterocycles. The zero-order valence-electron chi connectivity index (χ0n) is 11.0. The maximum absolute atomic E-state index is 11.7. The van der Waals surface area contributed by atoms with Gasteiger partial charge in [0.15, 0.2) is 5.54 Å². The lowest BCUT2D eigenvalue weighted by atomic mass is 9.92. The Labute approximate surface area is 114 Å². The fraction of sp³-hybridized carbons (Fsp3) is 0.231. The minimum atomic E-state index is -1.39. The molecule has 1 aromatic carbocycles. The van der Waals surface area contributed by atoms with Crippen LogP contribution in [0.2, 0.25) is 0 Å².